The third kappa shape index (κ3) is 5.26. The number of nitrogens with zero attached hydrogens (tertiary/aromatic N) is 1. The second-order valence-corrected chi connectivity index (χ2v) is 7.05. The molecule has 0 saturated carbocycles. The van der Waals surface area contributed by atoms with Crippen molar-refractivity contribution in [3.63, 3.8) is 0 Å². The normalized spacial score (nSPS) is 17.2. The van der Waals surface area contributed by atoms with Crippen LogP contribution < -0.4 is 10.6 Å². The summed E-state index contributed by atoms with van der Waals surface area (Å²) >= 11 is 3.90. The van der Waals surface area contributed by atoms with Crippen molar-refractivity contribution in [1.29, 1.82) is 0 Å². The highest BCUT2D eigenvalue weighted by Crippen LogP contribution is 2.19. The SMILES string of the molecule is Cc1csc(CCNCCSC2CCNCC2)n1. The molecule has 1 aliphatic heterocycles. The summed E-state index contributed by atoms with van der Waals surface area (Å²) in [6, 6.07) is 0. The summed E-state index contributed by atoms with van der Waals surface area (Å²) in [6.45, 7) is 6.64. The summed E-state index contributed by atoms with van der Waals surface area (Å²) in [6.07, 6.45) is 3.74. The monoisotopic (exact) mass is 285 g/mol. The molecule has 2 heterocycles. The van der Waals surface area contributed by atoms with Crippen LogP contribution in [0.25, 0.3) is 0 Å². The first kappa shape index (κ1) is 14.3. The van der Waals surface area contributed by atoms with Crippen LogP contribution in [0.2, 0.25) is 0 Å². The first-order valence-electron chi connectivity index (χ1n) is 6.78. The van der Waals surface area contributed by atoms with E-state index < -0.39 is 0 Å². The molecule has 3 nitrogen and oxygen atoms in total. The van der Waals surface area contributed by atoms with Crippen molar-refractivity contribution < 1.29 is 0 Å². The van der Waals surface area contributed by atoms with Gasteiger partial charge < -0.3 is 10.6 Å². The van der Waals surface area contributed by atoms with Crippen molar-refractivity contribution in [1.82, 2.24) is 15.6 Å². The molecule has 1 aromatic heterocycles. The van der Waals surface area contributed by atoms with Gasteiger partial charge in [0.2, 0.25) is 0 Å². The lowest BCUT2D eigenvalue weighted by Crippen LogP contribution is -2.30. The second kappa shape index (κ2) is 8.15. The van der Waals surface area contributed by atoms with Gasteiger partial charge in [-0.25, -0.2) is 4.98 Å². The summed E-state index contributed by atoms with van der Waals surface area (Å²) in [7, 11) is 0. The van der Waals surface area contributed by atoms with Gasteiger partial charge in [0.15, 0.2) is 0 Å². The fraction of sp³-hybridized carbons (Fsp3) is 0.769. The van der Waals surface area contributed by atoms with Gasteiger partial charge in [0.1, 0.15) is 0 Å². The molecular formula is C13H23N3S2. The highest BCUT2D eigenvalue weighted by atomic mass is 32.2. The number of thiazole rings is 1. The first-order chi connectivity index (χ1) is 8.84. The van der Waals surface area contributed by atoms with Gasteiger partial charge in [0.25, 0.3) is 0 Å². The van der Waals surface area contributed by atoms with Crippen molar-refractivity contribution in [3.05, 3.63) is 16.1 Å². The molecule has 0 aliphatic carbocycles. The van der Waals surface area contributed by atoms with Gasteiger partial charge in [0.05, 0.1) is 5.01 Å². The smallest absolute Gasteiger partial charge is 0.0940 e. The zero-order valence-electron chi connectivity index (χ0n) is 11.1. The maximum atomic E-state index is 4.47. The molecule has 1 aliphatic rings. The van der Waals surface area contributed by atoms with E-state index in [2.05, 4.69) is 39.7 Å². The van der Waals surface area contributed by atoms with E-state index in [1.54, 1.807) is 11.3 Å². The third-order valence-corrected chi connectivity index (χ3v) is 5.51. The Kier molecular flexibility index (Phi) is 6.48. The standard InChI is InChI=1S/C13H23N3S2/c1-11-10-18-13(16-11)4-7-15-8-9-17-12-2-5-14-6-3-12/h10,12,14-15H,2-9H2,1H3. The minimum Gasteiger partial charge on any atom is -0.317 e. The lowest BCUT2D eigenvalue weighted by atomic mass is 10.2. The lowest BCUT2D eigenvalue weighted by Gasteiger charge is -2.21. The second-order valence-electron chi connectivity index (χ2n) is 4.70. The maximum Gasteiger partial charge on any atom is 0.0940 e. The maximum absolute atomic E-state index is 4.47. The number of rotatable bonds is 7. The van der Waals surface area contributed by atoms with E-state index in [9.17, 15) is 0 Å². The topological polar surface area (TPSA) is 37.0 Å². The van der Waals surface area contributed by atoms with Crippen molar-refractivity contribution in [2.45, 2.75) is 31.4 Å². The number of aryl methyl sites for hydroxylation is 1. The molecule has 5 heteroatoms. The third-order valence-electron chi connectivity index (χ3n) is 3.10. The van der Waals surface area contributed by atoms with Gasteiger partial charge in [-0.2, -0.15) is 11.8 Å². The minimum atomic E-state index is 0.884. The van der Waals surface area contributed by atoms with E-state index in [4.69, 9.17) is 0 Å². The van der Waals surface area contributed by atoms with Crippen LogP contribution in [0, 0.1) is 6.92 Å². The molecule has 2 rings (SSSR count). The molecule has 0 spiro atoms. The van der Waals surface area contributed by atoms with Crippen LogP contribution in [0.5, 0.6) is 0 Å². The van der Waals surface area contributed by atoms with Crippen molar-refractivity contribution in [2.75, 3.05) is 31.9 Å². The Morgan fingerprint density at radius 2 is 2.28 bits per heavy atom. The predicted octanol–water partition coefficient (Wildman–Crippen LogP) is 2.07. The van der Waals surface area contributed by atoms with Crippen LogP contribution in [-0.2, 0) is 6.42 Å². The van der Waals surface area contributed by atoms with Crippen molar-refractivity contribution in [3.8, 4) is 0 Å². The Morgan fingerprint density at radius 3 is 3.00 bits per heavy atom. The Hall–Kier alpha value is -0.100. The Morgan fingerprint density at radius 1 is 1.44 bits per heavy atom. The molecule has 1 saturated heterocycles. The van der Waals surface area contributed by atoms with Gasteiger partial charge in [-0.1, -0.05) is 0 Å². The highest BCUT2D eigenvalue weighted by molar-refractivity contribution is 7.99. The molecule has 102 valence electrons. The molecule has 0 radical (unpaired) electrons. The van der Waals surface area contributed by atoms with Crippen molar-refractivity contribution in [2.24, 2.45) is 0 Å². The van der Waals surface area contributed by atoms with Crippen LogP contribution in [-0.4, -0.2) is 42.2 Å². The van der Waals surface area contributed by atoms with E-state index in [-0.39, 0.29) is 0 Å². The number of piperidine rings is 1. The molecule has 0 unspecified atom stereocenters. The van der Waals surface area contributed by atoms with E-state index in [0.29, 0.717) is 0 Å². The molecule has 0 aromatic carbocycles. The van der Waals surface area contributed by atoms with E-state index in [1.807, 2.05) is 0 Å². The van der Waals surface area contributed by atoms with Crippen LogP contribution in [0.15, 0.2) is 5.38 Å². The number of aromatic nitrogens is 1. The average molecular weight is 285 g/mol. The van der Waals surface area contributed by atoms with Gasteiger partial charge in [-0.15, -0.1) is 11.3 Å². The summed E-state index contributed by atoms with van der Waals surface area (Å²) in [5.74, 6) is 1.24. The van der Waals surface area contributed by atoms with Gasteiger partial charge in [-0.05, 0) is 32.9 Å². The molecule has 0 bridgehead atoms. The summed E-state index contributed by atoms with van der Waals surface area (Å²) in [5, 5.41) is 11.2. The van der Waals surface area contributed by atoms with Crippen LogP contribution in [0.4, 0.5) is 0 Å². The molecular weight excluding hydrogens is 262 g/mol. The number of thioether (sulfide) groups is 1. The van der Waals surface area contributed by atoms with Crippen molar-refractivity contribution >= 4 is 23.1 Å². The summed E-state index contributed by atoms with van der Waals surface area (Å²) in [5.41, 5.74) is 1.15. The highest BCUT2D eigenvalue weighted by Gasteiger charge is 2.12. The number of hydrogen-bond acceptors (Lipinski definition) is 5. The van der Waals surface area contributed by atoms with Crippen LogP contribution in [0.3, 0.4) is 0 Å². The quantitative estimate of drug-likeness (QED) is 0.752. The van der Waals surface area contributed by atoms with Gasteiger partial charge in [-0.3, -0.25) is 0 Å². The van der Waals surface area contributed by atoms with Gasteiger partial charge in [0, 0.05) is 41.6 Å². The molecule has 0 amide bonds. The molecule has 1 aromatic rings. The average Bonchev–Trinajstić information content (AvgIpc) is 2.81. The number of hydrogen-bond donors (Lipinski definition) is 2. The Bertz CT molecular complexity index is 335. The molecule has 0 atom stereocenters. The summed E-state index contributed by atoms with van der Waals surface area (Å²) < 4.78 is 0. The Labute approximate surface area is 118 Å². The minimum absolute atomic E-state index is 0.884. The zero-order chi connectivity index (χ0) is 12.6. The molecule has 1 fully saturated rings. The first-order valence-corrected chi connectivity index (χ1v) is 8.71. The van der Waals surface area contributed by atoms with E-state index in [0.717, 1.165) is 30.5 Å². The lowest BCUT2D eigenvalue weighted by molar-refractivity contribution is 0.531. The predicted molar refractivity (Wildman–Crippen MR) is 81.8 cm³/mol. The molecule has 2 N–H and O–H groups in total. The summed E-state index contributed by atoms with van der Waals surface area (Å²) in [4.78, 5) is 4.47. The largest absolute Gasteiger partial charge is 0.317 e. The number of nitrogens with one attached hydrogen (secondary N) is 2. The van der Waals surface area contributed by atoms with Crippen LogP contribution in [0.1, 0.15) is 23.5 Å². The van der Waals surface area contributed by atoms with Gasteiger partial charge >= 0.3 is 0 Å². The molecule has 18 heavy (non-hydrogen) atoms. The van der Waals surface area contributed by atoms with E-state index in [1.165, 1.54) is 36.7 Å². The Balaban J connectivity index is 1.46. The van der Waals surface area contributed by atoms with E-state index >= 15 is 0 Å². The fourth-order valence-corrected chi connectivity index (χ4v) is 4.04. The fourth-order valence-electron chi connectivity index (χ4n) is 2.10. The van der Waals surface area contributed by atoms with Crippen LogP contribution >= 0.6 is 23.1 Å². The zero-order valence-corrected chi connectivity index (χ0v) is 12.7.